The van der Waals surface area contributed by atoms with Crippen molar-refractivity contribution in [3.05, 3.63) is 47.5 Å². The predicted octanol–water partition coefficient (Wildman–Crippen LogP) is 2.55. The van der Waals surface area contributed by atoms with Gasteiger partial charge in [-0.3, -0.25) is 0 Å². The third kappa shape index (κ3) is 2.51. The van der Waals surface area contributed by atoms with Crippen LogP contribution in [0.3, 0.4) is 0 Å². The van der Waals surface area contributed by atoms with Crippen molar-refractivity contribution in [2.45, 2.75) is 12.8 Å². The third-order valence-corrected chi connectivity index (χ3v) is 3.69. The topological polar surface area (TPSA) is 36.9 Å². The Morgan fingerprint density at radius 2 is 1.29 bits per heavy atom. The quantitative estimate of drug-likeness (QED) is 0.807. The van der Waals surface area contributed by atoms with E-state index in [4.69, 9.17) is 18.8 Å². The molecule has 2 aromatic carbocycles. The molecule has 4 rings (SSSR count). The molecule has 0 spiro atoms. The highest BCUT2D eigenvalue weighted by molar-refractivity contribution is 6.20. The second-order valence-electron chi connectivity index (χ2n) is 5.07. The van der Waals surface area contributed by atoms with E-state index in [9.17, 15) is 0 Å². The molecule has 4 nitrogen and oxygen atoms in total. The van der Waals surface area contributed by atoms with E-state index in [0.717, 1.165) is 49.1 Å². The predicted molar refractivity (Wildman–Crippen MR) is 78.3 cm³/mol. The van der Waals surface area contributed by atoms with E-state index >= 15 is 0 Å². The van der Waals surface area contributed by atoms with Crippen molar-refractivity contribution in [2.24, 2.45) is 0 Å². The zero-order valence-corrected chi connectivity index (χ0v) is 11.5. The molecule has 0 fully saturated rings. The van der Waals surface area contributed by atoms with E-state index in [0.29, 0.717) is 0 Å². The summed E-state index contributed by atoms with van der Waals surface area (Å²) in [4.78, 5) is 0. The second kappa shape index (κ2) is 5.24. The van der Waals surface area contributed by atoms with Gasteiger partial charge in [0.2, 0.25) is 0 Å². The molecule has 2 aliphatic heterocycles. The van der Waals surface area contributed by atoms with Crippen LogP contribution in [0.1, 0.15) is 11.1 Å². The van der Waals surface area contributed by atoms with Gasteiger partial charge in [0.1, 0.15) is 23.0 Å². The Morgan fingerprint density at radius 3 is 1.81 bits per heavy atom. The number of benzene rings is 2. The summed E-state index contributed by atoms with van der Waals surface area (Å²) in [5.41, 5.74) is 2.35. The number of fused-ring (bicyclic) bond motifs is 2. The first-order chi connectivity index (χ1) is 10.4. The monoisotopic (exact) mass is 281 g/mol. The first-order valence-electron chi connectivity index (χ1n) is 7.05. The average Bonchev–Trinajstić information content (AvgIpc) is 3.14. The van der Waals surface area contributed by atoms with Crippen LogP contribution in [0.15, 0.2) is 36.4 Å². The third-order valence-electron chi connectivity index (χ3n) is 3.69. The Balaban J connectivity index is 1.37. The molecule has 2 aliphatic rings. The molecule has 5 heteroatoms. The van der Waals surface area contributed by atoms with Gasteiger partial charge in [0.25, 0.3) is 0 Å². The molecule has 0 unspecified atom stereocenters. The van der Waals surface area contributed by atoms with Crippen LogP contribution < -0.4 is 18.8 Å². The van der Waals surface area contributed by atoms with E-state index in [-0.39, 0.29) is 0 Å². The zero-order valence-electron chi connectivity index (χ0n) is 11.5. The molecular weight excluding hydrogens is 267 g/mol. The SMILES string of the molecule is [B](Oc1ccc2c(c1)CCO2)Oc1ccc2c(c1)CCO2. The molecule has 2 aromatic rings. The van der Waals surface area contributed by atoms with Crippen molar-refractivity contribution >= 4 is 7.69 Å². The van der Waals surface area contributed by atoms with Crippen molar-refractivity contribution in [2.75, 3.05) is 13.2 Å². The van der Waals surface area contributed by atoms with Crippen LogP contribution in [0.25, 0.3) is 0 Å². The molecule has 0 bridgehead atoms. The number of hydrogen-bond donors (Lipinski definition) is 0. The van der Waals surface area contributed by atoms with Gasteiger partial charge in [0.15, 0.2) is 0 Å². The van der Waals surface area contributed by atoms with Crippen LogP contribution in [0, 0.1) is 0 Å². The highest BCUT2D eigenvalue weighted by atomic mass is 16.6. The minimum atomic E-state index is 0.746. The fourth-order valence-electron chi connectivity index (χ4n) is 2.61. The van der Waals surface area contributed by atoms with E-state index in [1.54, 1.807) is 0 Å². The first-order valence-corrected chi connectivity index (χ1v) is 7.05. The Bertz CT molecular complexity index is 614. The maximum absolute atomic E-state index is 5.52. The Labute approximate surface area is 123 Å². The minimum Gasteiger partial charge on any atom is -0.526 e. The van der Waals surface area contributed by atoms with E-state index in [1.165, 1.54) is 18.8 Å². The molecule has 0 saturated carbocycles. The summed E-state index contributed by atoms with van der Waals surface area (Å²) in [7, 11) is 1.36. The van der Waals surface area contributed by atoms with Gasteiger partial charge in [-0.1, -0.05) is 0 Å². The van der Waals surface area contributed by atoms with Crippen molar-refractivity contribution in [1.82, 2.24) is 0 Å². The summed E-state index contributed by atoms with van der Waals surface area (Å²) in [5.74, 6) is 3.40. The van der Waals surface area contributed by atoms with Crippen LogP contribution in [0.2, 0.25) is 0 Å². The lowest BCUT2D eigenvalue weighted by molar-refractivity contribution is 0.356. The molecule has 0 aliphatic carbocycles. The smallest absolute Gasteiger partial charge is 0.526 e. The van der Waals surface area contributed by atoms with Crippen LogP contribution in [-0.4, -0.2) is 20.9 Å². The molecule has 0 N–H and O–H groups in total. The molecule has 0 saturated heterocycles. The minimum absolute atomic E-state index is 0.746. The van der Waals surface area contributed by atoms with E-state index in [1.807, 2.05) is 36.4 Å². The van der Waals surface area contributed by atoms with Crippen molar-refractivity contribution < 1.29 is 18.8 Å². The van der Waals surface area contributed by atoms with Gasteiger partial charge in [-0.25, -0.2) is 0 Å². The maximum atomic E-state index is 5.52. The molecule has 0 atom stereocenters. The summed E-state index contributed by atoms with van der Waals surface area (Å²) in [6, 6.07) is 11.6. The van der Waals surface area contributed by atoms with Crippen LogP contribution in [0.5, 0.6) is 23.0 Å². The lowest BCUT2D eigenvalue weighted by Gasteiger charge is -2.08. The highest BCUT2D eigenvalue weighted by Gasteiger charge is 2.14. The van der Waals surface area contributed by atoms with Crippen molar-refractivity contribution in [3.8, 4) is 23.0 Å². The van der Waals surface area contributed by atoms with Gasteiger partial charge < -0.3 is 18.8 Å². The van der Waals surface area contributed by atoms with E-state index < -0.39 is 0 Å². The maximum Gasteiger partial charge on any atom is 0.658 e. The Morgan fingerprint density at radius 1 is 0.762 bits per heavy atom. The number of rotatable bonds is 4. The summed E-state index contributed by atoms with van der Waals surface area (Å²) >= 11 is 0. The lowest BCUT2D eigenvalue weighted by atomic mass is 10.1. The Hall–Kier alpha value is -2.30. The molecule has 1 radical (unpaired) electrons. The average molecular weight is 281 g/mol. The largest absolute Gasteiger partial charge is 0.658 e. The molecule has 0 aromatic heterocycles. The van der Waals surface area contributed by atoms with Crippen LogP contribution in [0.4, 0.5) is 0 Å². The zero-order chi connectivity index (χ0) is 14.1. The fraction of sp³-hybridized carbons (Fsp3) is 0.250. The molecule has 21 heavy (non-hydrogen) atoms. The van der Waals surface area contributed by atoms with Gasteiger partial charge in [-0.15, -0.1) is 0 Å². The van der Waals surface area contributed by atoms with Gasteiger partial charge in [-0.05, 0) is 36.4 Å². The normalized spacial score (nSPS) is 14.7. The Kier molecular flexibility index (Phi) is 3.11. The van der Waals surface area contributed by atoms with Crippen LogP contribution in [-0.2, 0) is 12.8 Å². The van der Waals surface area contributed by atoms with Crippen molar-refractivity contribution in [3.63, 3.8) is 0 Å². The van der Waals surface area contributed by atoms with Gasteiger partial charge in [0, 0.05) is 24.0 Å². The summed E-state index contributed by atoms with van der Waals surface area (Å²) in [6.45, 7) is 1.49. The molecule has 105 valence electrons. The van der Waals surface area contributed by atoms with Gasteiger partial charge in [-0.2, -0.15) is 0 Å². The molecule has 0 amide bonds. The summed E-state index contributed by atoms with van der Waals surface area (Å²) in [5, 5.41) is 0. The highest BCUT2D eigenvalue weighted by Crippen LogP contribution is 2.30. The first kappa shape index (κ1) is 12.4. The van der Waals surface area contributed by atoms with Gasteiger partial charge >= 0.3 is 7.69 Å². The molecular formula is C16H14BO4. The van der Waals surface area contributed by atoms with E-state index in [2.05, 4.69) is 0 Å². The van der Waals surface area contributed by atoms with Crippen molar-refractivity contribution in [1.29, 1.82) is 0 Å². The molecule has 2 heterocycles. The van der Waals surface area contributed by atoms with Crippen LogP contribution >= 0.6 is 0 Å². The summed E-state index contributed by atoms with van der Waals surface area (Å²) < 4.78 is 22.0. The van der Waals surface area contributed by atoms with Gasteiger partial charge in [0.05, 0.1) is 13.2 Å². The number of ether oxygens (including phenoxy) is 2. The second-order valence-corrected chi connectivity index (χ2v) is 5.07. The number of hydrogen-bond acceptors (Lipinski definition) is 4. The lowest BCUT2D eigenvalue weighted by Crippen LogP contribution is -2.11. The summed E-state index contributed by atoms with van der Waals surface area (Å²) in [6.07, 6.45) is 1.86. The fourth-order valence-corrected chi connectivity index (χ4v) is 2.61. The standard InChI is InChI=1S/C16H14BO4/c1-3-15-11(5-7-18-15)9-13(1)20-17-21-14-2-4-16-12(10-14)6-8-19-16/h1-4,9-10H,5-8H2.